The van der Waals surface area contributed by atoms with Crippen molar-refractivity contribution in [1.29, 1.82) is 0 Å². The minimum absolute atomic E-state index is 0.0952. The van der Waals surface area contributed by atoms with Crippen molar-refractivity contribution in [3.05, 3.63) is 0 Å². The standard InChI is InChI=1S/C9H20N2O2/c1-8(10)9(13)11-6-4-2-3-5-7-12/h8,12H,2-7,10H2,1H3,(H,11,13)/t8-/m1/s1. The lowest BCUT2D eigenvalue weighted by Gasteiger charge is -2.06. The van der Waals surface area contributed by atoms with Gasteiger partial charge in [0.25, 0.3) is 0 Å². The largest absolute Gasteiger partial charge is 0.396 e. The molecule has 1 amide bonds. The molecule has 0 aliphatic rings. The van der Waals surface area contributed by atoms with Gasteiger partial charge in [0.2, 0.25) is 5.91 Å². The molecular weight excluding hydrogens is 168 g/mol. The van der Waals surface area contributed by atoms with Crippen molar-refractivity contribution in [2.45, 2.75) is 38.6 Å². The predicted molar refractivity (Wildman–Crippen MR) is 52.2 cm³/mol. The third kappa shape index (κ3) is 7.74. The zero-order valence-electron chi connectivity index (χ0n) is 8.25. The Morgan fingerprint density at radius 3 is 2.54 bits per heavy atom. The molecule has 0 bridgehead atoms. The molecule has 0 aromatic carbocycles. The fraction of sp³-hybridized carbons (Fsp3) is 0.889. The van der Waals surface area contributed by atoms with Crippen LogP contribution in [0.4, 0.5) is 0 Å². The van der Waals surface area contributed by atoms with Crippen molar-refractivity contribution in [3.8, 4) is 0 Å². The zero-order valence-corrected chi connectivity index (χ0v) is 8.25. The smallest absolute Gasteiger partial charge is 0.236 e. The highest BCUT2D eigenvalue weighted by Gasteiger charge is 2.04. The van der Waals surface area contributed by atoms with Gasteiger partial charge in [0.1, 0.15) is 0 Å². The first-order valence-corrected chi connectivity index (χ1v) is 4.82. The van der Waals surface area contributed by atoms with Crippen LogP contribution in [0.15, 0.2) is 0 Å². The monoisotopic (exact) mass is 188 g/mol. The van der Waals surface area contributed by atoms with Gasteiger partial charge in [-0.05, 0) is 19.8 Å². The van der Waals surface area contributed by atoms with Crippen molar-refractivity contribution >= 4 is 5.91 Å². The molecule has 0 fully saturated rings. The van der Waals surface area contributed by atoms with Crippen molar-refractivity contribution in [2.75, 3.05) is 13.2 Å². The Bertz CT molecular complexity index is 138. The second kappa shape index (κ2) is 8.01. The van der Waals surface area contributed by atoms with Gasteiger partial charge in [0.05, 0.1) is 6.04 Å². The van der Waals surface area contributed by atoms with Crippen LogP contribution in [0.25, 0.3) is 0 Å². The summed E-state index contributed by atoms with van der Waals surface area (Å²) < 4.78 is 0. The Kier molecular flexibility index (Phi) is 7.63. The normalized spacial score (nSPS) is 12.5. The molecule has 4 N–H and O–H groups in total. The summed E-state index contributed by atoms with van der Waals surface area (Å²) in [4.78, 5) is 11.0. The number of aliphatic hydroxyl groups excluding tert-OH is 1. The fourth-order valence-electron chi connectivity index (χ4n) is 0.963. The third-order valence-corrected chi connectivity index (χ3v) is 1.80. The topological polar surface area (TPSA) is 75.4 Å². The molecule has 0 rings (SSSR count). The number of carbonyl (C=O) groups is 1. The first kappa shape index (κ1) is 12.4. The van der Waals surface area contributed by atoms with Crippen LogP contribution in [-0.2, 0) is 4.79 Å². The molecular formula is C9H20N2O2. The maximum atomic E-state index is 11.0. The summed E-state index contributed by atoms with van der Waals surface area (Å²) in [5.41, 5.74) is 5.35. The van der Waals surface area contributed by atoms with E-state index in [1.165, 1.54) is 0 Å². The highest BCUT2D eigenvalue weighted by molar-refractivity contribution is 5.80. The second-order valence-electron chi connectivity index (χ2n) is 3.22. The molecule has 4 heteroatoms. The van der Waals surface area contributed by atoms with Gasteiger partial charge in [0.15, 0.2) is 0 Å². The molecule has 0 heterocycles. The molecule has 0 aliphatic carbocycles. The minimum atomic E-state index is -0.419. The Balaban J connectivity index is 3.12. The number of nitrogens with one attached hydrogen (secondary N) is 1. The number of amides is 1. The average molecular weight is 188 g/mol. The lowest BCUT2D eigenvalue weighted by Crippen LogP contribution is -2.38. The second-order valence-corrected chi connectivity index (χ2v) is 3.22. The first-order chi connectivity index (χ1) is 6.18. The lowest BCUT2D eigenvalue weighted by atomic mass is 10.2. The highest BCUT2D eigenvalue weighted by Crippen LogP contribution is 1.97. The van der Waals surface area contributed by atoms with E-state index in [4.69, 9.17) is 10.8 Å². The molecule has 0 aliphatic heterocycles. The summed E-state index contributed by atoms with van der Waals surface area (Å²) in [6.45, 7) is 2.61. The summed E-state index contributed by atoms with van der Waals surface area (Å²) >= 11 is 0. The van der Waals surface area contributed by atoms with E-state index >= 15 is 0 Å². The predicted octanol–water partition coefficient (Wildman–Crippen LogP) is 0.00250. The number of rotatable bonds is 7. The SMILES string of the molecule is C[C@@H](N)C(=O)NCCCCCCO. The average Bonchev–Trinajstić information content (AvgIpc) is 2.10. The molecule has 0 aromatic heterocycles. The van der Waals surface area contributed by atoms with E-state index in [9.17, 15) is 4.79 Å². The number of aliphatic hydroxyl groups is 1. The number of hydrogen-bond donors (Lipinski definition) is 3. The van der Waals surface area contributed by atoms with Crippen LogP contribution in [-0.4, -0.2) is 30.2 Å². The zero-order chi connectivity index (χ0) is 10.1. The molecule has 13 heavy (non-hydrogen) atoms. The molecule has 0 saturated heterocycles. The van der Waals surface area contributed by atoms with Gasteiger partial charge in [-0.25, -0.2) is 0 Å². The van der Waals surface area contributed by atoms with Crippen molar-refractivity contribution in [1.82, 2.24) is 5.32 Å². The summed E-state index contributed by atoms with van der Waals surface area (Å²) in [5.74, 6) is -0.0952. The molecule has 0 unspecified atom stereocenters. The summed E-state index contributed by atoms with van der Waals surface area (Å²) in [7, 11) is 0. The van der Waals surface area contributed by atoms with Crippen LogP contribution in [0.1, 0.15) is 32.6 Å². The van der Waals surface area contributed by atoms with E-state index in [0.29, 0.717) is 6.54 Å². The van der Waals surface area contributed by atoms with Crippen LogP contribution in [0.3, 0.4) is 0 Å². The van der Waals surface area contributed by atoms with Gasteiger partial charge in [-0.1, -0.05) is 12.8 Å². The van der Waals surface area contributed by atoms with Crippen LogP contribution in [0, 0.1) is 0 Å². The molecule has 78 valence electrons. The third-order valence-electron chi connectivity index (χ3n) is 1.80. The van der Waals surface area contributed by atoms with E-state index < -0.39 is 6.04 Å². The number of unbranched alkanes of at least 4 members (excludes halogenated alkanes) is 3. The summed E-state index contributed by atoms with van der Waals surface area (Å²) in [6.07, 6.45) is 3.87. The number of hydrogen-bond acceptors (Lipinski definition) is 3. The molecule has 1 atom stereocenters. The van der Waals surface area contributed by atoms with Crippen molar-refractivity contribution in [2.24, 2.45) is 5.73 Å². The Hall–Kier alpha value is -0.610. The Labute approximate surface area is 79.5 Å². The summed E-state index contributed by atoms with van der Waals surface area (Å²) in [6, 6.07) is -0.419. The van der Waals surface area contributed by atoms with Crippen LogP contribution in [0.5, 0.6) is 0 Å². The first-order valence-electron chi connectivity index (χ1n) is 4.82. The van der Waals surface area contributed by atoms with E-state index in [-0.39, 0.29) is 12.5 Å². The van der Waals surface area contributed by atoms with Crippen LogP contribution in [0.2, 0.25) is 0 Å². The molecule has 0 aromatic rings. The maximum absolute atomic E-state index is 11.0. The molecule has 0 radical (unpaired) electrons. The Morgan fingerprint density at radius 2 is 2.00 bits per heavy atom. The van der Waals surface area contributed by atoms with Gasteiger partial charge < -0.3 is 16.2 Å². The van der Waals surface area contributed by atoms with Gasteiger partial charge in [0, 0.05) is 13.2 Å². The minimum Gasteiger partial charge on any atom is -0.396 e. The summed E-state index contributed by atoms with van der Waals surface area (Å²) in [5, 5.41) is 11.2. The van der Waals surface area contributed by atoms with Gasteiger partial charge in [-0.3, -0.25) is 4.79 Å². The Morgan fingerprint density at radius 1 is 1.38 bits per heavy atom. The quantitative estimate of drug-likeness (QED) is 0.492. The van der Waals surface area contributed by atoms with Gasteiger partial charge in [-0.2, -0.15) is 0 Å². The van der Waals surface area contributed by atoms with E-state index in [0.717, 1.165) is 25.7 Å². The van der Waals surface area contributed by atoms with Crippen LogP contribution < -0.4 is 11.1 Å². The van der Waals surface area contributed by atoms with Crippen molar-refractivity contribution < 1.29 is 9.90 Å². The number of nitrogens with two attached hydrogens (primary N) is 1. The van der Waals surface area contributed by atoms with Crippen LogP contribution >= 0.6 is 0 Å². The lowest BCUT2D eigenvalue weighted by molar-refractivity contribution is -0.121. The fourth-order valence-corrected chi connectivity index (χ4v) is 0.963. The highest BCUT2D eigenvalue weighted by atomic mass is 16.2. The molecule has 4 nitrogen and oxygen atoms in total. The van der Waals surface area contributed by atoms with E-state index in [1.54, 1.807) is 6.92 Å². The number of carbonyl (C=O) groups excluding carboxylic acids is 1. The molecule has 0 spiro atoms. The van der Waals surface area contributed by atoms with Gasteiger partial charge in [-0.15, -0.1) is 0 Å². The van der Waals surface area contributed by atoms with Gasteiger partial charge >= 0.3 is 0 Å². The maximum Gasteiger partial charge on any atom is 0.236 e. The molecule has 0 saturated carbocycles. The van der Waals surface area contributed by atoms with Crippen molar-refractivity contribution in [3.63, 3.8) is 0 Å². The van der Waals surface area contributed by atoms with E-state index in [2.05, 4.69) is 5.32 Å². The van der Waals surface area contributed by atoms with E-state index in [1.807, 2.05) is 0 Å².